The van der Waals surface area contributed by atoms with Crippen LogP contribution in [0.2, 0.25) is 0 Å². The van der Waals surface area contributed by atoms with Crippen molar-refractivity contribution in [1.29, 1.82) is 0 Å². The average molecular weight is 455 g/mol. The molecule has 32 heavy (non-hydrogen) atoms. The predicted octanol–water partition coefficient (Wildman–Crippen LogP) is 4.62. The van der Waals surface area contributed by atoms with Crippen LogP contribution in [0.25, 0.3) is 10.6 Å². The Bertz CT molecular complexity index is 972. The van der Waals surface area contributed by atoms with Crippen LogP contribution in [0.3, 0.4) is 0 Å². The molecule has 1 N–H and O–H groups in total. The molecule has 0 radical (unpaired) electrons. The van der Waals surface area contributed by atoms with Gasteiger partial charge in [-0.2, -0.15) is 0 Å². The van der Waals surface area contributed by atoms with Crippen LogP contribution < -0.4 is 10.1 Å². The lowest BCUT2D eigenvalue weighted by molar-refractivity contribution is -0.120. The molecule has 0 spiro atoms. The van der Waals surface area contributed by atoms with Crippen molar-refractivity contribution < 1.29 is 19.0 Å². The van der Waals surface area contributed by atoms with Gasteiger partial charge in [0.05, 0.1) is 38.5 Å². The lowest BCUT2D eigenvalue weighted by atomic mass is 10.1. The lowest BCUT2D eigenvalue weighted by Crippen LogP contribution is -2.24. The van der Waals surface area contributed by atoms with Gasteiger partial charge in [0.25, 0.3) is 0 Å². The molecule has 6 nitrogen and oxygen atoms in total. The maximum absolute atomic E-state index is 12.4. The SMILES string of the molecule is CCOCCOCc1cccc(CNC(=O)Cc2csc(-c3ccc(OCC)cc3)n2)c1. The number of hydrogen-bond acceptors (Lipinski definition) is 6. The zero-order valence-corrected chi connectivity index (χ0v) is 19.5. The highest BCUT2D eigenvalue weighted by molar-refractivity contribution is 7.13. The van der Waals surface area contributed by atoms with Gasteiger partial charge in [-0.15, -0.1) is 11.3 Å². The van der Waals surface area contributed by atoms with E-state index in [2.05, 4.69) is 10.3 Å². The van der Waals surface area contributed by atoms with E-state index in [9.17, 15) is 4.79 Å². The largest absolute Gasteiger partial charge is 0.494 e. The highest BCUT2D eigenvalue weighted by Crippen LogP contribution is 2.26. The van der Waals surface area contributed by atoms with Gasteiger partial charge in [0, 0.05) is 24.1 Å². The van der Waals surface area contributed by atoms with Gasteiger partial charge < -0.3 is 19.5 Å². The summed E-state index contributed by atoms with van der Waals surface area (Å²) in [6.45, 7) is 7.44. The Morgan fingerprint density at radius 2 is 1.78 bits per heavy atom. The maximum atomic E-state index is 12.4. The normalized spacial score (nSPS) is 10.8. The summed E-state index contributed by atoms with van der Waals surface area (Å²) in [5.41, 5.74) is 3.91. The van der Waals surface area contributed by atoms with Crippen molar-refractivity contribution >= 4 is 17.2 Å². The Kier molecular flexibility index (Phi) is 9.68. The summed E-state index contributed by atoms with van der Waals surface area (Å²) < 4.78 is 16.4. The first kappa shape index (κ1) is 23.9. The number of rotatable bonds is 13. The molecule has 0 fully saturated rings. The standard InChI is InChI=1S/C25H30N2O4S/c1-3-29-12-13-30-17-20-7-5-6-19(14-20)16-26-24(28)15-22-18-32-25(27-22)21-8-10-23(11-9-21)31-4-2/h5-11,14,18H,3-4,12-13,15-17H2,1-2H3,(H,26,28). The molecule has 0 atom stereocenters. The Labute approximate surface area is 193 Å². The monoisotopic (exact) mass is 454 g/mol. The number of carbonyl (C=O) groups excluding carboxylic acids is 1. The van der Waals surface area contributed by atoms with Crippen molar-refractivity contribution in [2.45, 2.75) is 33.4 Å². The smallest absolute Gasteiger partial charge is 0.226 e. The van der Waals surface area contributed by atoms with E-state index in [0.29, 0.717) is 39.6 Å². The van der Waals surface area contributed by atoms with E-state index in [4.69, 9.17) is 14.2 Å². The molecule has 0 unspecified atom stereocenters. The second kappa shape index (κ2) is 13.0. The second-order valence-electron chi connectivity index (χ2n) is 7.12. The number of ether oxygens (including phenoxy) is 3. The number of thiazole rings is 1. The first-order chi connectivity index (χ1) is 15.7. The van der Waals surface area contributed by atoms with Gasteiger partial charge in [0.15, 0.2) is 0 Å². The maximum Gasteiger partial charge on any atom is 0.226 e. The molecule has 0 aliphatic carbocycles. The summed E-state index contributed by atoms with van der Waals surface area (Å²) in [5, 5.41) is 5.81. The Morgan fingerprint density at radius 1 is 1.00 bits per heavy atom. The van der Waals surface area contributed by atoms with E-state index in [1.165, 1.54) is 11.3 Å². The Hall–Kier alpha value is -2.74. The molecule has 0 bridgehead atoms. The Balaban J connectivity index is 1.45. The van der Waals surface area contributed by atoms with Crippen LogP contribution in [0.4, 0.5) is 0 Å². The number of nitrogens with one attached hydrogen (secondary N) is 1. The molecule has 0 aliphatic heterocycles. The van der Waals surface area contributed by atoms with E-state index >= 15 is 0 Å². The van der Waals surface area contributed by atoms with Gasteiger partial charge in [-0.25, -0.2) is 4.98 Å². The van der Waals surface area contributed by atoms with Crippen molar-refractivity contribution in [2.75, 3.05) is 26.4 Å². The highest BCUT2D eigenvalue weighted by atomic mass is 32.1. The summed E-state index contributed by atoms with van der Waals surface area (Å²) in [5.74, 6) is 0.792. The van der Waals surface area contributed by atoms with Crippen LogP contribution in [0, 0.1) is 0 Å². The fourth-order valence-corrected chi connectivity index (χ4v) is 3.92. The summed E-state index contributed by atoms with van der Waals surface area (Å²) in [7, 11) is 0. The van der Waals surface area contributed by atoms with Gasteiger partial charge in [-0.3, -0.25) is 4.79 Å². The van der Waals surface area contributed by atoms with Crippen LogP contribution in [-0.4, -0.2) is 37.3 Å². The summed E-state index contributed by atoms with van der Waals surface area (Å²) in [6, 6.07) is 15.9. The van der Waals surface area contributed by atoms with E-state index in [0.717, 1.165) is 33.1 Å². The van der Waals surface area contributed by atoms with Crippen LogP contribution in [0.15, 0.2) is 53.9 Å². The topological polar surface area (TPSA) is 69.7 Å². The number of carbonyl (C=O) groups is 1. The molecule has 170 valence electrons. The van der Waals surface area contributed by atoms with Gasteiger partial charge in [0.2, 0.25) is 5.91 Å². The molecule has 7 heteroatoms. The second-order valence-corrected chi connectivity index (χ2v) is 7.98. The zero-order chi connectivity index (χ0) is 22.6. The molecule has 0 aliphatic rings. The van der Waals surface area contributed by atoms with E-state index in [1.807, 2.05) is 67.8 Å². The summed E-state index contributed by atoms with van der Waals surface area (Å²) >= 11 is 1.54. The van der Waals surface area contributed by atoms with Crippen LogP contribution in [0.5, 0.6) is 5.75 Å². The third-order valence-corrected chi connectivity index (χ3v) is 5.57. The van der Waals surface area contributed by atoms with E-state index in [1.54, 1.807) is 0 Å². The van der Waals surface area contributed by atoms with Crippen molar-refractivity contribution in [3.05, 3.63) is 70.7 Å². The third-order valence-electron chi connectivity index (χ3n) is 4.63. The molecule has 2 aromatic carbocycles. The van der Waals surface area contributed by atoms with Crippen LogP contribution >= 0.6 is 11.3 Å². The Morgan fingerprint density at radius 3 is 2.56 bits per heavy atom. The molecule has 0 saturated heterocycles. The molecular formula is C25H30N2O4S. The van der Waals surface area contributed by atoms with Crippen molar-refractivity contribution in [1.82, 2.24) is 10.3 Å². The number of nitrogens with zero attached hydrogens (tertiary/aromatic N) is 1. The summed E-state index contributed by atoms with van der Waals surface area (Å²) in [6.07, 6.45) is 0.258. The van der Waals surface area contributed by atoms with Crippen molar-refractivity contribution in [2.24, 2.45) is 0 Å². The van der Waals surface area contributed by atoms with Crippen molar-refractivity contribution in [3.63, 3.8) is 0 Å². The molecule has 1 amide bonds. The fraction of sp³-hybridized carbons (Fsp3) is 0.360. The molecule has 1 heterocycles. The highest BCUT2D eigenvalue weighted by Gasteiger charge is 2.09. The lowest BCUT2D eigenvalue weighted by Gasteiger charge is -2.08. The number of benzene rings is 2. The van der Waals surface area contributed by atoms with Gasteiger partial charge in [-0.05, 0) is 49.2 Å². The van der Waals surface area contributed by atoms with Gasteiger partial charge >= 0.3 is 0 Å². The van der Waals surface area contributed by atoms with Crippen LogP contribution in [-0.2, 0) is 33.8 Å². The van der Waals surface area contributed by atoms with E-state index in [-0.39, 0.29) is 12.3 Å². The first-order valence-corrected chi connectivity index (χ1v) is 11.7. The summed E-state index contributed by atoms with van der Waals surface area (Å²) in [4.78, 5) is 17.0. The number of hydrogen-bond donors (Lipinski definition) is 1. The van der Waals surface area contributed by atoms with Crippen LogP contribution in [0.1, 0.15) is 30.7 Å². The number of amides is 1. The molecule has 1 aromatic heterocycles. The van der Waals surface area contributed by atoms with Crippen molar-refractivity contribution in [3.8, 4) is 16.3 Å². The quantitative estimate of drug-likeness (QED) is 0.382. The number of aromatic nitrogens is 1. The minimum Gasteiger partial charge on any atom is -0.494 e. The molecule has 0 saturated carbocycles. The predicted molar refractivity (Wildman–Crippen MR) is 127 cm³/mol. The molecular weight excluding hydrogens is 424 g/mol. The average Bonchev–Trinajstić information content (AvgIpc) is 3.27. The van der Waals surface area contributed by atoms with Gasteiger partial charge in [0.1, 0.15) is 10.8 Å². The minimum absolute atomic E-state index is 0.0492. The first-order valence-electron chi connectivity index (χ1n) is 10.9. The third kappa shape index (κ3) is 7.75. The zero-order valence-electron chi connectivity index (χ0n) is 18.6. The fourth-order valence-electron chi connectivity index (χ4n) is 3.09. The minimum atomic E-state index is -0.0492. The molecule has 3 aromatic rings. The van der Waals surface area contributed by atoms with Gasteiger partial charge in [-0.1, -0.05) is 24.3 Å². The van der Waals surface area contributed by atoms with E-state index < -0.39 is 0 Å². The molecule has 3 rings (SSSR count).